The molecule has 5 nitrogen and oxygen atoms in total. The topological polar surface area (TPSA) is 82.7 Å². The minimum atomic E-state index is -1.66. The largest absolute Gasteiger partial charge is 0.526 e. The first kappa shape index (κ1) is 13.2. The van der Waals surface area contributed by atoms with Crippen LogP contribution in [0, 0.1) is 5.92 Å². The summed E-state index contributed by atoms with van der Waals surface area (Å²) in [5.41, 5.74) is 1.41. The smallest absolute Gasteiger partial charge is 0.465 e. The molecule has 0 spiro atoms. The number of furan rings is 1. The molecular weight excluding hydrogens is 280 g/mol. The van der Waals surface area contributed by atoms with Gasteiger partial charge in [0.05, 0.1) is 0 Å². The standard InChI is InChI=1S/C13H11BClNO4/c15-7-1-3-11-9(5-7)10(13(17)16-11)6-8-2-4-12(20-8)14(18)19/h1-4,6,9,18-19H,5H2,(H,16,17). The average molecular weight is 291 g/mol. The van der Waals surface area contributed by atoms with Crippen LogP contribution in [-0.2, 0) is 4.79 Å². The third kappa shape index (κ3) is 2.33. The fourth-order valence-corrected chi connectivity index (χ4v) is 2.56. The SMILES string of the molecule is O=C1NC2=CC=C(Cl)CC2C1=Cc1ccc(B(O)O)o1. The van der Waals surface area contributed by atoms with Gasteiger partial charge in [-0.3, -0.25) is 4.79 Å². The zero-order valence-electron chi connectivity index (χ0n) is 10.3. The second kappa shape index (κ2) is 4.97. The van der Waals surface area contributed by atoms with Crippen molar-refractivity contribution in [1.82, 2.24) is 5.32 Å². The minimum absolute atomic E-state index is 0.0348. The molecule has 7 heteroatoms. The molecule has 102 valence electrons. The molecular formula is C13H11BClNO4. The van der Waals surface area contributed by atoms with Crippen LogP contribution in [0.2, 0.25) is 0 Å². The predicted octanol–water partition coefficient (Wildman–Crippen LogP) is 0.499. The van der Waals surface area contributed by atoms with Crippen LogP contribution in [0.3, 0.4) is 0 Å². The first-order valence-electron chi connectivity index (χ1n) is 6.09. The van der Waals surface area contributed by atoms with Crippen LogP contribution in [0.25, 0.3) is 6.08 Å². The number of allylic oxidation sites excluding steroid dienone is 4. The molecule has 3 rings (SSSR count). The predicted molar refractivity (Wildman–Crippen MR) is 74.8 cm³/mol. The maximum Gasteiger partial charge on any atom is 0.526 e. The van der Waals surface area contributed by atoms with E-state index in [-0.39, 0.29) is 17.5 Å². The monoisotopic (exact) mass is 291 g/mol. The van der Waals surface area contributed by atoms with E-state index in [0.717, 1.165) is 5.70 Å². The molecule has 1 aliphatic carbocycles. The van der Waals surface area contributed by atoms with Crippen molar-refractivity contribution >= 4 is 36.4 Å². The summed E-state index contributed by atoms with van der Waals surface area (Å²) in [4.78, 5) is 12.0. The maximum atomic E-state index is 12.0. The first-order chi connectivity index (χ1) is 9.54. The van der Waals surface area contributed by atoms with Gasteiger partial charge in [0.2, 0.25) is 0 Å². The third-order valence-corrected chi connectivity index (χ3v) is 3.59. The summed E-state index contributed by atoms with van der Waals surface area (Å²) >= 11 is 6.01. The summed E-state index contributed by atoms with van der Waals surface area (Å²) in [5.74, 6) is 0.0984. The molecule has 1 saturated heterocycles. The number of fused-ring (bicyclic) bond motifs is 1. The van der Waals surface area contributed by atoms with Crippen LogP contribution in [0.5, 0.6) is 0 Å². The highest BCUT2D eigenvalue weighted by molar-refractivity contribution is 6.57. The van der Waals surface area contributed by atoms with Gasteiger partial charge in [-0.25, -0.2) is 0 Å². The molecule has 0 bridgehead atoms. The molecule has 1 aromatic rings. The second-order valence-electron chi connectivity index (χ2n) is 4.66. The Labute approximate surface area is 120 Å². The summed E-state index contributed by atoms with van der Waals surface area (Å²) in [7, 11) is -1.66. The van der Waals surface area contributed by atoms with Gasteiger partial charge in [0, 0.05) is 22.2 Å². The van der Waals surface area contributed by atoms with Crippen molar-refractivity contribution in [2.75, 3.05) is 0 Å². The van der Waals surface area contributed by atoms with E-state index in [2.05, 4.69) is 5.32 Å². The zero-order chi connectivity index (χ0) is 14.3. The van der Waals surface area contributed by atoms with Crippen LogP contribution >= 0.6 is 11.6 Å². The van der Waals surface area contributed by atoms with E-state index in [4.69, 9.17) is 26.1 Å². The van der Waals surface area contributed by atoms with Crippen LogP contribution < -0.4 is 11.0 Å². The summed E-state index contributed by atoms with van der Waals surface area (Å²) in [5, 5.41) is 21.5. The molecule has 2 aliphatic rings. The van der Waals surface area contributed by atoms with E-state index in [1.165, 1.54) is 6.07 Å². The van der Waals surface area contributed by atoms with Gasteiger partial charge in [-0.05, 0) is 36.8 Å². The lowest BCUT2D eigenvalue weighted by Crippen LogP contribution is -2.27. The molecule has 0 saturated carbocycles. The van der Waals surface area contributed by atoms with Crippen molar-refractivity contribution < 1.29 is 19.3 Å². The van der Waals surface area contributed by atoms with E-state index >= 15 is 0 Å². The van der Waals surface area contributed by atoms with E-state index in [1.807, 2.05) is 0 Å². The maximum absolute atomic E-state index is 12.0. The molecule has 1 fully saturated rings. The van der Waals surface area contributed by atoms with Crippen LogP contribution in [0.4, 0.5) is 0 Å². The molecule has 1 atom stereocenters. The zero-order valence-corrected chi connectivity index (χ0v) is 11.1. The molecule has 1 aromatic heterocycles. The van der Waals surface area contributed by atoms with Crippen LogP contribution in [-0.4, -0.2) is 23.1 Å². The van der Waals surface area contributed by atoms with Crippen molar-refractivity contribution in [2.45, 2.75) is 6.42 Å². The van der Waals surface area contributed by atoms with Gasteiger partial charge < -0.3 is 19.8 Å². The summed E-state index contributed by atoms with van der Waals surface area (Å²) < 4.78 is 5.24. The molecule has 0 radical (unpaired) electrons. The van der Waals surface area contributed by atoms with Gasteiger partial charge in [0.15, 0.2) is 0 Å². The number of hydrogen-bond donors (Lipinski definition) is 3. The Morgan fingerprint density at radius 1 is 1.40 bits per heavy atom. The Hall–Kier alpha value is -1.76. The lowest BCUT2D eigenvalue weighted by molar-refractivity contribution is -0.115. The molecule has 1 amide bonds. The third-order valence-electron chi connectivity index (χ3n) is 3.31. The van der Waals surface area contributed by atoms with E-state index in [0.29, 0.717) is 22.8 Å². The van der Waals surface area contributed by atoms with Gasteiger partial charge in [-0.15, -0.1) is 0 Å². The number of amides is 1. The average Bonchev–Trinajstić information content (AvgIpc) is 2.97. The molecule has 1 unspecified atom stereocenters. The highest BCUT2D eigenvalue weighted by Crippen LogP contribution is 2.36. The van der Waals surface area contributed by atoms with Gasteiger partial charge in [0.1, 0.15) is 11.4 Å². The van der Waals surface area contributed by atoms with Crippen molar-refractivity contribution in [1.29, 1.82) is 0 Å². The molecule has 0 aromatic carbocycles. The fourth-order valence-electron chi connectivity index (χ4n) is 2.34. The molecule has 1 aliphatic heterocycles. The normalized spacial score (nSPS) is 23.2. The Kier molecular flexibility index (Phi) is 3.29. The van der Waals surface area contributed by atoms with Crippen molar-refractivity contribution in [2.24, 2.45) is 5.92 Å². The highest BCUT2D eigenvalue weighted by Gasteiger charge is 2.34. The van der Waals surface area contributed by atoms with Crippen molar-refractivity contribution in [3.05, 3.63) is 46.3 Å². The Balaban J connectivity index is 1.92. The number of carbonyl (C=O) groups is 1. The Bertz CT molecular complexity index is 659. The minimum Gasteiger partial charge on any atom is -0.465 e. The molecule has 3 N–H and O–H groups in total. The van der Waals surface area contributed by atoms with E-state index < -0.39 is 7.12 Å². The number of halogens is 1. The van der Waals surface area contributed by atoms with Crippen molar-refractivity contribution in [3.8, 4) is 0 Å². The number of nitrogens with one attached hydrogen (secondary N) is 1. The van der Waals surface area contributed by atoms with Crippen LogP contribution in [0.15, 0.2) is 45.0 Å². The lowest BCUT2D eigenvalue weighted by Gasteiger charge is -2.14. The highest BCUT2D eigenvalue weighted by atomic mass is 35.5. The summed E-state index contributed by atoms with van der Waals surface area (Å²) in [6, 6.07) is 3.03. The number of hydrogen-bond acceptors (Lipinski definition) is 4. The van der Waals surface area contributed by atoms with E-state index in [1.54, 1.807) is 24.3 Å². The Morgan fingerprint density at radius 3 is 2.90 bits per heavy atom. The van der Waals surface area contributed by atoms with E-state index in [9.17, 15) is 4.79 Å². The number of rotatable bonds is 2. The Morgan fingerprint density at radius 2 is 2.20 bits per heavy atom. The van der Waals surface area contributed by atoms with Crippen molar-refractivity contribution in [3.63, 3.8) is 0 Å². The summed E-state index contributed by atoms with van der Waals surface area (Å²) in [6.45, 7) is 0. The first-order valence-corrected chi connectivity index (χ1v) is 6.47. The van der Waals surface area contributed by atoms with Gasteiger partial charge >= 0.3 is 7.12 Å². The molecule has 2 heterocycles. The fraction of sp³-hybridized carbons (Fsp3) is 0.154. The van der Waals surface area contributed by atoms with Gasteiger partial charge in [-0.1, -0.05) is 11.6 Å². The quantitative estimate of drug-likeness (QED) is 0.547. The van der Waals surface area contributed by atoms with Gasteiger partial charge in [0.25, 0.3) is 5.91 Å². The summed E-state index contributed by atoms with van der Waals surface area (Å²) in [6.07, 6.45) is 5.72. The second-order valence-corrected chi connectivity index (χ2v) is 5.15. The molecule has 20 heavy (non-hydrogen) atoms. The lowest BCUT2D eigenvalue weighted by atomic mass is 9.88. The van der Waals surface area contributed by atoms with Crippen LogP contribution in [0.1, 0.15) is 12.2 Å². The van der Waals surface area contributed by atoms with Gasteiger partial charge in [-0.2, -0.15) is 0 Å². The number of carbonyl (C=O) groups excluding carboxylic acids is 1.